The van der Waals surface area contributed by atoms with Gasteiger partial charge in [0.15, 0.2) is 0 Å². The van der Waals surface area contributed by atoms with Crippen LogP contribution in [0.4, 0.5) is 4.39 Å². The molecule has 1 unspecified atom stereocenters. The lowest BCUT2D eigenvalue weighted by Crippen LogP contribution is -2.35. The molecule has 0 aliphatic heterocycles. The standard InChI is InChI=1S/C16H15ClFNO3/c17-15-4-2-1-3-14(15)16(21)19-9-12(20)10-22-13-7-5-11(18)6-8-13/h1-8,12,20H,9-10H2,(H,19,21). The van der Waals surface area contributed by atoms with Crippen LogP contribution in [0.15, 0.2) is 48.5 Å². The molecule has 0 spiro atoms. The third-order valence-corrected chi connectivity index (χ3v) is 3.20. The van der Waals surface area contributed by atoms with Crippen LogP contribution in [-0.2, 0) is 0 Å². The van der Waals surface area contributed by atoms with E-state index in [4.69, 9.17) is 16.3 Å². The van der Waals surface area contributed by atoms with Crippen LogP contribution in [0.1, 0.15) is 10.4 Å². The van der Waals surface area contributed by atoms with Crippen molar-refractivity contribution in [3.05, 3.63) is 64.9 Å². The summed E-state index contributed by atoms with van der Waals surface area (Å²) in [4.78, 5) is 11.9. The van der Waals surface area contributed by atoms with Gasteiger partial charge in [0.1, 0.15) is 24.3 Å². The van der Waals surface area contributed by atoms with Crippen molar-refractivity contribution in [2.75, 3.05) is 13.2 Å². The number of aliphatic hydroxyl groups is 1. The van der Waals surface area contributed by atoms with Crippen molar-refractivity contribution >= 4 is 17.5 Å². The number of halogens is 2. The van der Waals surface area contributed by atoms with E-state index >= 15 is 0 Å². The molecule has 1 amide bonds. The maximum atomic E-state index is 12.7. The normalized spacial score (nSPS) is 11.8. The Labute approximate surface area is 132 Å². The van der Waals surface area contributed by atoms with Crippen molar-refractivity contribution < 1.29 is 19.0 Å². The molecule has 0 saturated carbocycles. The van der Waals surface area contributed by atoms with E-state index in [1.54, 1.807) is 24.3 Å². The predicted octanol–water partition coefficient (Wildman–Crippen LogP) is 2.65. The number of carbonyl (C=O) groups is 1. The van der Waals surface area contributed by atoms with E-state index < -0.39 is 6.10 Å². The van der Waals surface area contributed by atoms with Gasteiger partial charge in [-0.05, 0) is 36.4 Å². The predicted molar refractivity (Wildman–Crippen MR) is 81.7 cm³/mol. The summed E-state index contributed by atoms with van der Waals surface area (Å²) in [6.45, 7) is -0.000312. The van der Waals surface area contributed by atoms with E-state index in [0.29, 0.717) is 16.3 Å². The van der Waals surface area contributed by atoms with Crippen LogP contribution in [0.3, 0.4) is 0 Å². The third-order valence-electron chi connectivity index (χ3n) is 2.87. The van der Waals surface area contributed by atoms with Crippen LogP contribution < -0.4 is 10.1 Å². The van der Waals surface area contributed by atoms with Gasteiger partial charge < -0.3 is 15.2 Å². The van der Waals surface area contributed by atoms with Crippen molar-refractivity contribution in [3.63, 3.8) is 0 Å². The first-order chi connectivity index (χ1) is 10.6. The fraction of sp³-hybridized carbons (Fsp3) is 0.188. The quantitative estimate of drug-likeness (QED) is 0.859. The molecule has 0 aliphatic carbocycles. The van der Waals surface area contributed by atoms with Crippen LogP contribution in [0.25, 0.3) is 0 Å². The lowest BCUT2D eigenvalue weighted by Gasteiger charge is -2.13. The Morgan fingerprint density at radius 1 is 1.23 bits per heavy atom. The minimum absolute atomic E-state index is 0.0191. The number of benzene rings is 2. The van der Waals surface area contributed by atoms with Gasteiger partial charge in [-0.3, -0.25) is 4.79 Å². The fourth-order valence-corrected chi connectivity index (χ4v) is 1.95. The molecule has 1 atom stereocenters. The van der Waals surface area contributed by atoms with Crippen LogP contribution in [0, 0.1) is 5.82 Å². The summed E-state index contributed by atoms with van der Waals surface area (Å²) in [5, 5.41) is 12.7. The van der Waals surface area contributed by atoms with Gasteiger partial charge in [0.25, 0.3) is 5.91 Å². The lowest BCUT2D eigenvalue weighted by atomic mass is 10.2. The van der Waals surface area contributed by atoms with Gasteiger partial charge in [0, 0.05) is 6.54 Å². The Kier molecular flexibility index (Phi) is 5.75. The maximum Gasteiger partial charge on any atom is 0.252 e. The number of rotatable bonds is 6. The zero-order chi connectivity index (χ0) is 15.9. The maximum absolute atomic E-state index is 12.7. The largest absolute Gasteiger partial charge is 0.491 e. The van der Waals surface area contributed by atoms with Crippen molar-refractivity contribution in [1.82, 2.24) is 5.32 Å². The second-order valence-corrected chi connectivity index (χ2v) is 5.02. The number of aliphatic hydroxyl groups excluding tert-OH is 1. The summed E-state index contributed by atoms with van der Waals surface area (Å²) in [7, 11) is 0. The van der Waals surface area contributed by atoms with E-state index in [0.717, 1.165) is 0 Å². The van der Waals surface area contributed by atoms with Crippen LogP contribution in [-0.4, -0.2) is 30.3 Å². The number of hydrogen-bond acceptors (Lipinski definition) is 3. The zero-order valence-corrected chi connectivity index (χ0v) is 12.4. The highest BCUT2D eigenvalue weighted by molar-refractivity contribution is 6.33. The third kappa shape index (κ3) is 4.72. The molecule has 0 bridgehead atoms. The van der Waals surface area contributed by atoms with Gasteiger partial charge in [-0.1, -0.05) is 23.7 Å². The second kappa shape index (κ2) is 7.77. The topological polar surface area (TPSA) is 58.6 Å². The van der Waals surface area contributed by atoms with E-state index in [1.165, 1.54) is 24.3 Å². The minimum Gasteiger partial charge on any atom is -0.491 e. The summed E-state index contributed by atoms with van der Waals surface area (Å²) in [5.41, 5.74) is 0.343. The van der Waals surface area contributed by atoms with Gasteiger partial charge >= 0.3 is 0 Å². The molecule has 4 nitrogen and oxygen atoms in total. The highest BCUT2D eigenvalue weighted by atomic mass is 35.5. The smallest absolute Gasteiger partial charge is 0.252 e. The molecule has 2 rings (SSSR count). The number of amides is 1. The summed E-state index contributed by atoms with van der Waals surface area (Å²) in [5.74, 6) is -0.288. The minimum atomic E-state index is -0.892. The molecule has 2 N–H and O–H groups in total. The van der Waals surface area contributed by atoms with E-state index in [2.05, 4.69) is 5.32 Å². The first-order valence-corrected chi connectivity index (χ1v) is 7.03. The molecule has 0 saturated heterocycles. The Balaban J connectivity index is 1.78. The molecule has 6 heteroatoms. The average Bonchev–Trinajstić information content (AvgIpc) is 2.52. The molecule has 0 radical (unpaired) electrons. The monoisotopic (exact) mass is 323 g/mol. The summed E-state index contributed by atoms with van der Waals surface area (Å²) in [6.07, 6.45) is -0.892. The summed E-state index contributed by atoms with van der Waals surface area (Å²) >= 11 is 5.91. The Morgan fingerprint density at radius 3 is 2.59 bits per heavy atom. The molecule has 0 heterocycles. The van der Waals surface area contributed by atoms with Gasteiger partial charge in [0.2, 0.25) is 0 Å². The molecule has 0 aliphatic rings. The first-order valence-electron chi connectivity index (χ1n) is 6.65. The second-order valence-electron chi connectivity index (χ2n) is 4.61. The summed E-state index contributed by atoms with van der Waals surface area (Å²) in [6, 6.07) is 12.1. The van der Waals surface area contributed by atoms with Gasteiger partial charge in [-0.2, -0.15) is 0 Å². The number of hydrogen-bond donors (Lipinski definition) is 2. The van der Waals surface area contributed by atoms with Crippen molar-refractivity contribution in [2.24, 2.45) is 0 Å². The highest BCUT2D eigenvalue weighted by Crippen LogP contribution is 2.14. The molecule has 0 fully saturated rings. The van der Waals surface area contributed by atoms with Gasteiger partial charge in [-0.15, -0.1) is 0 Å². The molecule has 116 valence electrons. The molecular weight excluding hydrogens is 309 g/mol. The van der Waals surface area contributed by atoms with Crippen molar-refractivity contribution in [2.45, 2.75) is 6.10 Å². The fourth-order valence-electron chi connectivity index (χ4n) is 1.73. The number of ether oxygens (including phenoxy) is 1. The lowest BCUT2D eigenvalue weighted by molar-refractivity contribution is 0.0843. The Bertz CT molecular complexity index is 634. The van der Waals surface area contributed by atoms with Gasteiger partial charge in [-0.25, -0.2) is 4.39 Å². The van der Waals surface area contributed by atoms with E-state index in [-0.39, 0.29) is 24.9 Å². The van der Waals surface area contributed by atoms with Crippen LogP contribution >= 0.6 is 11.6 Å². The van der Waals surface area contributed by atoms with Crippen molar-refractivity contribution in [1.29, 1.82) is 0 Å². The average molecular weight is 324 g/mol. The first kappa shape index (κ1) is 16.3. The molecule has 2 aromatic carbocycles. The Morgan fingerprint density at radius 2 is 1.91 bits per heavy atom. The molecule has 22 heavy (non-hydrogen) atoms. The number of nitrogens with one attached hydrogen (secondary N) is 1. The van der Waals surface area contributed by atoms with Crippen LogP contribution in [0.2, 0.25) is 5.02 Å². The van der Waals surface area contributed by atoms with Crippen molar-refractivity contribution in [3.8, 4) is 5.75 Å². The van der Waals surface area contributed by atoms with E-state index in [9.17, 15) is 14.3 Å². The summed E-state index contributed by atoms with van der Waals surface area (Å²) < 4.78 is 18.0. The molecular formula is C16H15ClFNO3. The molecule has 0 aromatic heterocycles. The SMILES string of the molecule is O=C(NCC(O)COc1ccc(F)cc1)c1ccccc1Cl. The Hall–Kier alpha value is -2.11. The molecule has 2 aromatic rings. The van der Waals surface area contributed by atoms with Gasteiger partial charge in [0.05, 0.1) is 10.6 Å². The van der Waals surface area contributed by atoms with E-state index in [1.807, 2.05) is 0 Å². The zero-order valence-electron chi connectivity index (χ0n) is 11.6. The number of carbonyl (C=O) groups excluding carboxylic acids is 1. The highest BCUT2D eigenvalue weighted by Gasteiger charge is 2.12. The van der Waals surface area contributed by atoms with Crippen LogP contribution in [0.5, 0.6) is 5.75 Å².